The van der Waals surface area contributed by atoms with E-state index in [9.17, 15) is 0 Å². The number of hydrogen-bond acceptors (Lipinski definition) is 2. The van der Waals surface area contributed by atoms with Gasteiger partial charge in [0.05, 0.1) is 13.2 Å². The molecule has 0 saturated heterocycles. The molecule has 0 atom stereocenters. The zero-order valence-corrected chi connectivity index (χ0v) is 18.5. The molecule has 2 aliphatic rings. The van der Waals surface area contributed by atoms with Gasteiger partial charge in [0.2, 0.25) is 0 Å². The van der Waals surface area contributed by atoms with Crippen LogP contribution in [0.4, 0.5) is 0 Å². The van der Waals surface area contributed by atoms with Crippen molar-refractivity contribution in [3.8, 4) is 0 Å². The van der Waals surface area contributed by atoms with E-state index in [2.05, 4.69) is 74.1 Å². The second-order valence-corrected chi connectivity index (χ2v) is 11.1. The third-order valence-electron chi connectivity index (χ3n) is 5.96. The largest absolute Gasteiger partial charge is 0.373 e. The molecule has 2 nitrogen and oxygen atoms in total. The van der Waals surface area contributed by atoms with Crippen LogP contribution in [-0.2, 0) is 4.74 Å². The fourth-order valence-electron chi connectivity index (χ4n) is 4.44. The smallest absolute Gasteiger partial charge is 0.0690 e. The first-order chi connectivity index (χ1) is 11.2. The quantitative estimate of drug-likeness (QED) is 0.605. The molecule has 0 aromatic heterocycles. The molecule has 0 unspecified atom stereocenters. The normalized spacial score (nSPS) is 21.2. The number of rotatable bonds is 4. The van der Waals surface area contributed by atoms with Crippen LogP contribution in [0.1, 0.15) is 69.2 Å². The van der Waals surface area contributed by atoms with Gasteiger partial charge in [-0.3, -0.25) is 4.90 Å². The van der Waals surface area contributed by atoms with Crippen molar-refractivity contribution < 1.29 is 4.74 Å². The van der Waals surface area contributed by atoms with Gasteiger partial charge < -0.3 is 4.74 Å². The molecule has 0 aromatic carbocycles. The first-order valence-corrected chi connectivity index (χ1v) is 9.99. The Morgan fingerprint density at radius 3 is 1.76 bits per heavy atom. The van der Waals surface area contributed by atoms with Crippen LogP contribution in [0, 0.1) is 22.2 Å². The van der Waals surface area contributed by atoms with E-state index in [1.807, 2.05) is 0 Å². The van der Waals surface area contributed by atoms with Crippen molar-refractivity contribution in [2.45, 2.75) is 69.2 Å². The van der Waals surface area contributed by atoms with Crippen LogP contribution in [-0.4, -0.2) is 37.7 Å². The van der Waals surface area contributed by atoms with Gasteiger partial charge in [-0.2, -0.15) is 0 Å². The van der Waals surface area contributed by atoms with Gasteiger partial charge in [-0.25, -0.2) is 0 Å². The molecule has 2 rings (SSSR count). The average Bonchev–Trinajstić information content (AvgIpc) is 3.02. The highest BCUT2D eigenvalue weighted by Crippen LogP contribution is 2.42. The summed E-state index contributed by atoms with van der Waals surface area (Å²) in [5, 5.41) is 0. The summed E-state index contributed by atoms with van der Waals surface area (Å²) in [5.74, 6) is 0.640. The highest BCUT2D eigenvalue weighted by molar-refractivity contribution is 5.32. The molecule has 2 heterocycles. The maximum atomic E-state index is 5.88. The van der Waals surface area contributed by atoms with E-state index in [1.54, 1.807) is 11.1 Å². The minimum atomic E-state index is 0.161. The Hall–Kier alpha value is -0.600. The standard InChI is InChI=1S/C23H41NO/c1-16(2)17-11-24(12-18(17)21(3,4)5)15-23(9,10)20-14-25-13-19(20)22(6,7)8/h16H,11-15H2,1-10H3. The fourth-order valence-corrected chi connectivity index (χ4v) is 4.44. The van der Waals surface area contributed by atoms with E-state index in [1.165, 1.54) is 11.1 Å². The molecule has 0 amide bonds. The maximum absolute atomic E-state index is 5.88. The summed E-state index contributed by atoms with van der Waals surface area (Å²) in [4.78, 5) is 2.67. The summed E-state index contributed by atoms with van der Waals surface area (Å²) < 4.78 is 5.88. The van der Waals surface area contributed by atoms with E-state index < -0.39 is 0 Å². The van der Waals surface area contributed by atoms with Gasteiger partial charge in [-0.1, -0.05) is 80.4 Å². The Bertz CT molecular complexity index is 564. The Morgan fingerprint density at radius 1 is 0.800 bits per heavy atom. The first kappa shape index (κ1) is 20.7. The Morgan fingerprint density at radius 2 is 1.32 bits per heavy atom. The summed E-state index contributed by atoms with van der Waals surface area (Å²) in [6.07, 6.45) is 0. The van der Waals surface area contributed by atoms with Crippen molar-refractivity contribution in [2.24, 2.45) is 22.2 Å². The van der Waals surface area contributed by atoms with Crippen LogP contribution >= 0.6 is 0 Å². The summed E-state index contributed by atoms with van der Waals surface area (Å²) >= 11 is 0. The summed E-state index contributed by atoms with van der Waals surface area (Å²) in [6, 6.07) is 0. The lowest BCUT2D eigenvalue weighted by Gasteiger charge is -2.35. The molecule has 0 aliphatic carbocycles. The van der Waals surface area contributed by atoms with Gasteiger partial charge >= 0.3 is 0 Å². The molecular formula is C23H41NO. The van der Waals surface area contributed by atoms with Crippen molar-refractivity contribution in [1.29, 1.82) is 0 Å². The number of ether oxygens (including phenoxy) is 1. The molecular weight excluding hydrogens is 306 g/mol. The van der Waals surface area contributed by atoms with Crippen molar-refractivity contribution >= 4 is 0 Å². The third kappa shape index (κ3) is 4.57. The van der Waals surface area contributed by atoms with Crippen LogP contribution in [0.25, 0.3) is 0 Å². The molecule has 0 N–H and O–H groups in total. The van der Waals surface area contributed by atoms with Crippen molar-refractivity contribution in [3.63, 3.8) is 0 Å². The van der Waals surface area contributed by atoms with Gasteiger partial charge in [0.15, 0.2) is 0 Å². The predicted octanol–water partition coefficient (Wildman–Crippen LogP) is 5.70. The van der Waals surface area contributed by atoms with E-state index in [-0.39, 0.29) is 16.2 Å². The Kier molecular flexibility index (Phi) is 5.67. The monoisotopic (exact) mass is 347 g/mol. The van der Waals surface area contributed by atoms with E-state index >= 15 is 0 Å². The van der Waals surface area contributed by atoms with Crippen LogP contribution in [0.2, 0.25) is 0 Å². The third-order valence-corrected chi connectivity index (χ3v) is 5.96. The van der Waals surface area contributed by atoms with Crippen molar-refractivity contribution in [1.82, 2.24) is 4.90 Å². The molecule has 144 valence electrons. The van der Waals surface area contributed by atoms with E-state index in [0.29, 0.717) is 5.92 Å². The molecule has 2 heteroatoms. The molecule has 0 saturated carbocycles. The Balaban J connectivity index is 2.21. The second kappa shape index (κ2) is 6.85. The lowest BCUT2D eigenvalue weighted by Crippen LogP contribution is -2.36. The van der Waals surface area contributed by atoms with Crippen LogP contribution in [0.3, 0.4) is 0 Å². The zero-order chi connectivity index (χ0) is 19.2. The van der Waals surface area contributed by atoms with Crippen LogP contribution < -0.4 is 0 Å². The minimum absolute atomic E-state index is 0.161. The summed E-state index contributed by atoms with van der Waals surface area (Å²) in [7, 11) is 0. The van der Waals surface area contributed by atoms with Crippen LogP contribution in [0.15, 0.2) is 22.3 Å². The Labute approximate surface area is 156 Å². The molecule has 0 bridgehead atoms. The highest BCUT2D eigenvalue weighted by Gasteiger charge is 2.38. The summed E-state index contributed by atoms with van der Waals surface area (Å²) in [6.45, 7) is 28.6. The van der Waals surface area contributed by atoms with Gasteiger partial charge in [0.25, 0.3) is 0 Å². The van der Waals surface area contributed by atoms with Crippen LogP contribution in [0.5, 0.6) is 0 Å². The maximum Gasteiger partial charge on any atom is 0.0690 e. The number of hydrogen-bond donors (Lipinski definition) is 0. The van der Waals surface area contributed by atoms with Gasteiger partial charge in [0, 0.05) is 25.0 Å². The van der Waals surface area contributed by atoms with Crippen molar-refractivity contribution in [3.05, 3.63) is 22.3 Å². The van der Waals surface area contributed by atoms with Crippen molar-refractivity contribution in [2.75, 3.05) is 32.8 Å². The topological polar surface area (TPSA) is 12.5 Å². The van der Waals surface area contributed by atoms with Gasteiger partial charge in [0.1, 0.15) is 0 Å². The van der Waals surface area contributed by atoms with E-state index in [0.717, 1.165) is 32.8 Å². The predicted molar refractivity (Wildman–Crippen MR) is 109 cm³/mol. The van der Waals surface area contributed by atoms with Gasteiger partial charge in [-0.05, 0) is 27.9 Å². The molecule has 25 heavy (non-hydrogen) atoms. The molecule has 0 radical (unpaired) electrons. The molecule has 0 spiro atoms. The molecule has 2 aliphatic heterocycles. The number of nitrogens with zero attached hydrogens (tertiary/aromatic N) is 1. The average molecular weight is 348 g/mol. The zero-order valence-electron chi connectivity index (χ0n) is 18.5. The highest BCUT2D eigenvalue weighted by atomic mass is 16.5. The molecule has 0 aromatic rings. The SMILES string of the molecule is CC(C)C1=C(C(C)(C)C)CN(CC(C)(C)C2=C(C(C)(C)C)COC2)C1. The minimum Gasteiger partial charge on any atom is -0.373 e. The lowest BCUT2D eigenvalue weighted by atomic mass is 9.75. The fraction of sp³-hybridized carbons (Fsp3) is 0.826. The van der Waals surface area contributed by atoms with Gasteiger partial charge in [-0.15, -0.1) is 0 Å². The lowest BCUT2D eigenvalue weighted by molar-refractivity contribution is 0.176. The van der Waals surface area contributed by atoms with E-state index in [4.69, 9.17) is 4.74 Å². The second-order valence-electron chi connectivity index (χ2n) is 11.1. The molecule has 0 fully saturated rings. The summed E-state index contributed by atoms with van der Waals surface area (Å²) in [5.41, 5.74) is 7.01. The first-order valence-electron chi connectivity index (χ1n) is 9.99.